The summed E-state index contributed by atoms with van der Waals surface area (Å²) in [5.74, 6) is 0.363. The third-order valence-electron chi connectivity index (χ3n) is 3.65. The molecule has 102 valence electrons. The molecule has 2 aliphatic rings. The van der Waals surface area contributed by atoms with E-state index in [4.69, 9.17) is 0 Å². The molecule has 3 rings (SSSR count). The summed E-state index contributed by atoms with van der Waals surface area (Å²) in [6.45, 7) is 0. The quantitative estimate of drug-likeness (QED) is 0.806. The molecule has 1 aliphatic heterocycles. The lowest BCUT2D eigenvalue weighted by atomic mass is 9.93. The Morgan fingerprint density at radius 1 is 1.21 bits per heavy atom. The fourth-order valence-corrected chi connectivity index (χ4v) is 3.88. The molecule has 0 bridgehead atoms. The molecular weight excluding hydrogens is 264 g/mol. The van der Waals surface area contributed by atoms with Crippen molar-refractivity contribution in [2.45, 2.75) is 42.7 Å². The number of hydrogen-bond donors (Lipinski definition) is 2. The molecule has 1 aliphatic carbocycles. The van der Waals surface area contributed by atoms with Gasteiger partial charge in [0.2, 0.25) is 0 Å². The maximum Gasteiger partial charge on any atom is 0.263 e. The van der Waals surface area contributed by atoms with E-state index >= 15 is 0 Å². The minimum absolute atomic E-state index is 0.211. The van der Waals surface area contributed by atoms with Crippen LogP contribution >= 0.6 is 0 Å². The number of fused-ring (bicyclic) bond motifs is 1. The van der Waals surface area contributed by atoms with Gasteiger partial charge in [-0.3, -0.25) is 9.71 Å². The van der Waals surface area contributed by atoms with Gasteiger partial charge in [-0.25, -0.2) is 8.42 Å². The van der Waals surface area contributed by atoms with Crippen LogP contribution in [0, 0.1) is 0 Å². The standard InChI is InChI=1S/C13H16N2O3S/c16-11-7-3-2-6-10(11)14-13-9-5-1-4-8-12(9)19(17,18)15-13/h1,4-5,8,10-11,16H,2-3,6-7H2,(H,14,15). The lowest BCUT2D eigenvalue weighted by molar-refractivity contribution is 0.109. The first-order valence-electron chi connectivity index (χ1n) is 6.46. The van der Waals surface area contributed by atoms with Crippen LogP contribution in [0.3, 0.4) is 0 Å². The van der Waals surface area contributed by atoms with Crippen LogP contribution in [-0.2, 0) is 10.0 Å². The summed E-state index contributed by atoms with van der Waals surface area (Å²) in [6, 6.07) is 6.57. The molecule has 1 fully saturated rings. The molecule has 0 aromatic heterocycles. The van der Waals surface area contributed by atoms with Crippen LogP contribution in [-0.4, -0.2) is 31.5 Å². The van der Waals surface area contributed by atoms with Crippen molar-refractivity contribution in [3.05, 3.63) is 29.8 Å². The second-order valence-electron chi connectivity index (χ2n) is 5.00. The zero-order valence-corrected chi connectivity index (χ0v) is 11.2. The summed E-state index contributed by atoms with van der Waals surface area (Å²) in [5.41, 5.74) is 0.597. The highest BCUT2D eigenvalue weighted by molar-refractivity contribution is 7.90. The minimum Gasteiger partial charge on any atom is -0.391 e. The average Bonchev–Trinajstić information content (AvgIpc) is 2.65. The molecular formula is C13H16N2O3S. The predicted octanol–water partition coefficient (Wildman–Crippen LogP) is 1.03. The van der Waals surface area contributed by atoms with Crippen molar-refractivity contribution in [3.8, 4) is 0 Å². The Morgan fingerprint density at radius 3 is 2.74 bits per heavy atom. The normalized spacial score (nSPS) is 30.9. The van der Waals surface area contributed by atoms with E-state index in [9.17, 15) is 13.5 Å². The Labute approximate surface area is 112 Å². The molecule has 0 saturated heterocycles. The summed E-state index contributed by atoms with van der Waals surface area (Å²) in [4.78, 5) is 4.69. The van der Waals surface area contributed by atoms with E-state index in [1.165, 1.54) is 0 Å². The molecule has 0 amide bonds. The van der Waals surface area contributed by atoms with Gasteiger partial charge in [-0.15, -0.1) is 0 Å². The predicted molar refractivity (Wildman–Crippen MR) is 71.6 cm³/mol. The number of sulfonamides is 1. The number of nitrogens with zero attached hydrogens (tertiary/aromatic N) is 1. The Bertz CT molecular complexity index is 625. The monoisotopic (exact) mass is 280 g/mol. The molecule has 1 aromatic rings. The van der Waals surface area contributed by atoms with Crippen molar-refractivity contribution in [2.24, 2.45) is 4.99 Å². The summed E-state index contributed by atoms with van der Waals surface area (Å²) in [6.07, 6.45) is 3.08. The molecule has 0 radical (unpaired) electrons. The van der Waals surface area contributed by atoms with Crippen molar-refractivity contribution in [2.75, 3.05) is 0 Å². The van der Waals surface area contributed by atoms with Crippen LogP contribution in [0.5, 0.6) is 0 Å². The second kappa shape index (κ2) is 4.61. The Kier molecular flexibility index (Phi) is 3.06. The van der Waals surface area contributed by atoms with E-state index in [2.05, 4.69) is 9.71 Å². The summed E-state index contributed by atoms with van der Waals surface area (Å²) < 4.78 is 26.3. The topological polar surface area (TPSA) is 78.8 Å². The summed E-state index contributed by atoms with van der Waals surface area (Å²) >= 11 is 0. The number of aliphatic imine (C=N–C) groups is 1. The van der Waals surface area contributed by atoms with Gasteiger partial charge in [0.05, 0.1) is 17.0 Å². The smallest absolute Gasteiger partial charge is 0.263 e. The van der Waals surface area contributed by atoms with Crippen LogP contribution < -0.4 is 4.72 Å². The SMILES string of the molecule is O=S1(=O)NC(=NC2CCCCC2O)c2ccccc21. The van der Waals surface area contributed by atoms with Crippen molar-refractivity contribution in [1.82, 2.24) is 4.72 Å². The van der Waals surface area contributed by atoms with Gasteiger partial charge in [-0.05, 0) is 25.0 Å². The van der Waals surface area contributed by atoms with Gasteiger partial charge in [0.15, 0.2) is 0 Å². The molecule has 19 heavy (non-hydrogen) atoms. The maximum absolute atomic E-state index is 11.9. The molecule has 1 heterocycles. The van der Waals surface area contributed by atoms with Crippen molar-refractivity contribution >= 4 is 15.9 Å². The number of hydrogen-bond acceptors (Lipinski definition) is 4. The van der Waals surface area contributed by atoms with Crippen LogP contribution in [0.25, 0.3) is 0 Å². The van der Waals surface area contributed by atoms with Gasteiger partial charge in [0.1, 0.15) is 5.84 Å². The van der Waals surface area contributed by atoms with Gasteiger partial charge in [0.25, 0.3) is 10.0 Å². The lowest BCUT2D eigenvalue weighted by Gasteiger charge is -2.24. The number of benzene rings is 1. The van der Waals surface area contributed by atoms with E-state index in [1.807, 2.05) is 0 Å². The first kappa shape index (κ1) is 12.6. The van der Waals surface area contributed by atoms with Gasteiger partial charge >= 0.3 is 0 Å². The number of aliphatic hydroxyl groups is 1. The molecule has 5 nitrogen and oxygen atoms in total. The summed E-state index contributed by atoms with van der Waals surface area (Å²) in [5, 5.41) is 9.92. The van der Waals surface area contributed by atoms with Gasteiger partial charge < -0.3 is 5.11 Å². The van der Waals surface area contributed by atoms with Crippen LogP contribution in [0.1, 0.15) is 31.2 Å². The molecule has 1 aromatic carbocycles. The largest absolute Gasteiger partial charge is 0.391 e. The van der Waals surface area contributed by atoms with Crippen LogP contribution in [0.4, 0.5) is 0 Å². The van der Waals surface area contributed by atoms with Gasteiger partial charge in [-0.1, -0.05) is 25.0 Å². The minimum atomic E-state index is -3.49. The number of nitrogens with one attached hydrogen (secondary N) is 1. The van der Waals surface area contributed by atoms with E-state index < -0.39 is 16.1 Å². The first-order chi connectivity index (χ1) is 9.08. The van der Waals surface area contributed by atoms with Crippen molar-refractivity contribution in [1.29, 1.82) is 0 Å². The van der Waals surface area contributed by atoms with E-state index in [0.29, 0.717) is 11.4 Å². The third-order valence-corrected chi connectivity index (χ3v) is 5.05. The Hall–Kier alpha value is -1.40. The highest BCUT2D eigenvalue weighted by atomic mass is 32.2. The highest BCUT2D eigenvalue weighted by Gasteiger charge is 2.32. The highest BCUT2D eigenvalue weighted by Crippen LogP contribution is 2.26. The summed E-state index contributed by atoms with van der Waals surface area (Å²) in [7, 11) is -3.49. The molecule has 2 unspecified atom stereocenters. The van der Waals surface area contributed by atoms with Crippen LogP contribution in [0.15, 0.2) is 34.2 Å². The maximum atomic E-state index is 11.9. The number of aliphatic hydroxyl groups excluding tert-OH is 1. The number of amidine groups is 1. The molecule has 0 spiro atoms. The second-order valence-corrected chi connectivity index (χ2v) is 6.65. The molecule has 2 N–H and O–H groups in total. The zero-order chi connectivity index (χ0) is 13.5. The zero-order valence-electron chi connectivity index (χ0n) is 10.4. The van der Waals surface area contributed by atoms with Crippen LogP contribution in [0.2, 0.25) is 0 Å². The van der Waals surface area contributed by atoms with E-state index in [0.717, 1.165) is 25.7 Å². The molecule has 6 heteroatoms. The van der Waals surface area contributed by atoms with Crippen molar-refractivity contribution in [3.63, 3.8) is 0 Å². The third kappa shape index (κ3) is 2.26. The Balaban J connectivity index is 1.99. The fourth-order valence-electron chi connectivity index (χ4n) is 2.64. The fraction of sp³-hybridized carbons (Fsp3) is 0.462. The van der Waals surface area contributed by atoms with E-state index in [-0.39, 0.29) is 10.9 Å². The number of rotatable bonds is 1. The van der Waals surface area contributed by atoms with E-state index in [1.54, 1.807) is 24.3 Å². The van der Waals surface area contributed by atoms with Crippen molar-refractivity contribution < 1.29 is 13.5 Å². The average molecular weight is 280 g/mol. The lowest BCUT2D eigenvalue weighted by Crippen LogP contribution is -2.31. The van der Waals surface area contributed by atoms with Gasteiger partial charge in [-0.2, -0.15) is 0 Å². The van der Waals surface area contributed by atoms with Gasteiger partial charge in [0, 0.05) is 5.56 Å². The first-order valence-corrected chi connectivity index (χ1v) is 7.94. The molecule has 1 saturated carbocycles. The molecule has 2 atom stereocenters. The Morgan fingerprint density at radius 2 is 1.95 bits per heavy atom.